The Labute approximate surface area is 91.6 Å². The minimum absolute atomic E-state index is 0.0241. The first-order valence-electron chi connectivity index (χ1n) is 4.73. The Morgan fingerprint density at radius 1 is 1.50 bits per heavy atom. The summed E-state index contributed by atoms with van der Waals surface area (Å²) in [4.78, 5) is 22.1. The molecule has 1 rings (SSSR count). The molecule has 16 heavy (non-hydrogen) atoms. The molecule has 1 aromatic heterocycles. The van der Waals surface area contributed by atoms with E-state index in [9.17, 15) is 9.59 Å². The van der Waals surface area contributed by atoms with Crippen LogP contribution in [0.5, 0.6) is 0 Å². The van der Waals surface area contributed by atoms with Crippen LogP contribution in [0.1, 0.15) is 13.8 Å². The minimum atomic E-state index is -0.949. The van der Waals surface area contributed by atoms with Crippen molar-refractivity contribution in [2.24, 2.45) is 5.92 Å². The Morgan fingerprint density at radius 2 is 2.19 bits per heavy atom. The zero-order chi connectivity index (χ0) is 12.1. The maximum absolute atomic E-state index is 11.4. The number of rotatable bonds is 5. The molecule has 0 aliphatic heterocycles. The summed E-state index contributed by atoms with van der Waals surface area (Å²) in [5, 5.41) is 21.6. The van der Waals surface area contributed by atoms with Gasteiger partial charge in [-0.15, -0.1) is 5.10 Å². The highest BCUT2D eigenvalue weighted by Gasteiger charge is 2.20. The van der Waals surface area contributed by atoms with E-state index in [1.54, 1.807) is 6.92 Å². The number of tetrazole rings is 1. The molecule has 0 fully saturated rings. The average molecular weight is 227 g/mol. The number of nitrogens with one attached hydrogen (secondary N) is 1. The van der Waals surface area contributed by atoms with Crippen LogP contribution in [-0.4, -0.2) is 43.2 Å². The van der Waals surface area contributed by atoms with Gasteiger partial charge in [0.05, 0.1) is 5.92 Å². The van der Waals surface area contributed by atoms with Gasteiger partial charge in [0.25, 0.3) is 0 Å². The Balaban J connectivity index is 2.42. The third-order valence-electron chi connectivity index (χ3n) is 2.23. The summed E-state index contributed by atoms with van der Waals surface area (Å²) in [5.74, 6) is -1.92. The summed E-state index contributed by atoms with van der Waals surface area (Å²) in [6.07, 6.45) is 1.31. The third kappa shape index (κ3) is 3.30. The summed E-state index contributed by atoms with van der Waals surface area (Å²) >= 11 is 0. The third-order valence-corrected chi connectivity index (χ3v) is 2.23. The maximum atomic E-state index is 11.4. The predicted molar refractivity (Wildman–Crippen MR) is 52.2 cm³/mol. The first kappa shape index (κ1) is 12.1. The Morgan fingerprint density at radius 3 is 2.69 bits per heavy atom. The molecular formula is C8H13N5O3. The summed E-state index contributed by atoms with van der Waals surface area (Å²) in [7, 11) is 0. The van der Waals surface area contributed by atoms with Gasteiger partial charge < -0.3 is 10.4 Å². The zero-order valence-electron chi connectivity index (χ0n) is 8.99. The van der Waals surface area contributed by atoms with Crippen LogP contribution in [0.4, 0.5) is 0 Å². The fraction of sp³-hybridized carbons (Fsp3) is 0.625. The molecule has 8 nitrogen and oxygen atoms in total. The van der Waals surface area contributed by atoms with Crippen LogP contribution in [-0.2, 0) is 16.1 Å². The smallest absolute Gasteiger partial charge is 0.308 e. The van der Waals surface area contributed by atoms with Crippen LogP contribution in [0.15, 0.2) is 6.33 Å². The molecule has 2 N–H and O–H groups in total. The van der Waals surface area contributed by atoms with Crippen LogP contribution >= 0.6 is 0 Å². The van der Waals surface area contributed by atoms with Crippen LogP contribution in [0.3, 0.4) is 0 Å². The van der Waals surface area contributed by atoms with Crippen molar-refractivity contribution in [2.45, 2.75) is 26.4 Å². The van der Waals surface area contributed by atoms with E-state index in [0.29, 0.717) is 0 Å². The zero-order valence-corrected chi connectivity index (χ0v) is 8.99. The van der Waals surface area contributed by atoms with Gasteiger partial charge in [-0.3, -0.25) is 9.59 Å². The summed E-state index contributed by atoms with van der Waals surface area (Å²) < 4.78 is 1.26. The highest BCUT2D eigenvalue weighted by Crippen LogP contribution is 2.01. The van der Waals surface area contributed by atoms with Crippen molar-refractivity contribution < 1.29 is 14.7 Å². The Hall–Kier alpha value is -1.99. The lowest BCUT2D eigenvalue weighted by molar-refractivity contribution is -0.142. The monoisotopic (exact) mass is 227 g/mol. The van der Waals surface area contributed by atoms with Crippen molar-refractivity contribution >= 4 is 11.9 Å². The second-order valence-corrected chi connectivity index (χ2v) is 3.49. The van der Waals surface area contributed by atoms with Gasteiger partial charge in [-0.1, -0.05) is 0 Å². The van der Waals surface area contributed by atoms with Crippen LogP contribution in [0.2, 0.25) is 0 Å². The van der Waals surface area contributed by atoms with E-state index in [2.05, 4.69) is 20.8 Å². The van der Waals surface area contributed by atoms with Crippen molar-refractivity contribution in [3.63, 3.8) is 0 Å². The van der Waals surface area contributed by atoms with E-state index < -0.39 is 17.9 Å². The van der Waals surface area contributed by atoms with Crippen LogP contribution in [0.25, 0.3) is 0 Å². The molecule has 1 heterocycles. The van der Waals surface area contributed by atoms with Crippen molar-refractivity contribution in [3.05, 3.63) is 6.33 Å². The van der Waals surface area contributed by atoms with E-state index in [1.807, 2.05) is 0 Å². The number of amides is 1. The topological polar surface area (TPSA) is 110 Å². The first-order chi connectivity index (χ1) is 7.50. The lowest BCUT2D eigenvalue weighted by Crippen LogP contribution is -2.41. The normalized spacial score (nSPS) is 14.1. The number of carbonyl (C=O) groups excluding carboxylic acids is 1. The standard InChI is InChI=1S/C8H13N5O3/c1-5(8(15)16)6(2)10-7(14)3-13-4-9-11-12-13/h4-6H,3H2,1-2H3,(H,10,14)(H,15,16). The Kier molecular flexibility index (Phi) is 3.92. The van der Waals surface area contributed by atoms with E-state index in [4.69, 9.17) is 5.11 Å². The molecule has 8 heteroatoms. The van der Waals surface area contributed by atoms with Gasteiger partial charge in [-0.25, -0.2) is 4.68 Å². The molecule has 1 aromatic rings. The molecular weight excluding hydrogens is 214 g/mol. The lowest BCUT2D eigenvalue weighted by Gasteiger charge is -2.17. The van der Waals surface area contributed by atoms with Gasteiger partial charge in [0.1, 0.15) is 12.9 Å². The number of carboxylic acid groups (broad SMARTS) is 1. The second-order valence-electron chi connectivity index (χ2n) is 3.49. The highest BCUT2D eigenvalue weighted by molar-refractivity contribution is 5.77. The molecule has 1 amide bonds. The van der Waals surface area contributed by atoms with Gasteiger partial charge in [-0.2, -0.15) is 0 Å². The predicted octanol–water partition coefficient (Wildman–Crippen LogP) is -1.10. The van der Waals surface area contributed by atoms with Crippen molar-refractivity contribution in [1.29, 1.82) is 0 Å². The molecule has 0 aliphatic rings. The molecule has 0 bridgehead atoms. The van der Waals surface area contributed by atoms with E-state index in [0.717, 1.165) is 0 Å². The second kappa shape index (κ2) is 5.19. The lowest BCUT2D eigenvalue weighted by atomic mass is 10.0. The largest absolute Gasteiger partial charge is 0.481 e. The van der Waals surface area contributed by atoms with Crippen LogP contribution in [0, 0.1) is 5.92 Å². The van der Waals surface area contributed by atoms with Crippen molar-refractivity contribution in [3.8, 4) is 0 Å². The SMILES string of the molecule is CC(NC(=O)Cn1cnnn1)C(C)C(=O)O. The van der Waals surface area contributed by atoms with Gasteiger partial charge in [0.15, 0.2) is 0 Å². The fourth-order valence-electron chi connectivity index (χ4n) is 1.04. The van der Waals surface area contributed by atoms with Crippen LogP contribution < -0.4 is 5.32 Å². The minimum Gasteiger partial charge on any atom is -0.481 e. The number of hydrogen-bond acceptors (Lipinski definition) is 5. The number of carbonyl (C=O) groups is 2. The maximum Gasteiger partial charge on any atom is 0.308 e. The fourth-order valence-corrected chi connectivity index (χ4v) is 1.04. The average Bonchev–Trinajstić information content (AvgIpc) is 2.68. The first-order valence-corrected chi connectivity index (χ1v) is 4.73. The molecule has 2 unspecified atom stereocenters. The van der Waals surface area contributed by atoms with Gasteiger partial charge in [-0.05, 0) is 24.3 Å². The molecule has 0 saturated carbocycles. The van der Waals surface area contributed by atoms with Gasteiger partial charge in [0.2, 0.25) is 5.91 Å². The molecule has 0 spiro atoms. The Bertz CT molecular complexity index is 364. The number of nitrogens with zero attached hydrogens (tertiary/aromatic N) is 4. The van der Waals surface area contributed by atoms with Crippen molar-refractivity contribution in [2.75, 3.05) is 0 Å². The number of carboxylic acids is 1. The van der Waals surface area contributed by atoms with E-state index in [-0.39, 0.29) is 12.5 Å². The highest BCUT2D eigenvalue weighted by atomic mass is 16.4. The van der Waals surface area contributed by atoms with E-state index in [1.165, 1.54) is 17.9 Å². The molecule has 0 aliphatic carbocycles. The molecule has 0 saturated heterocycles. The molecule has 0 aromatic carbocycles. The quantitative estimate of drug-likeness (QED) is 0.660. The molecule has 88 valence electrons. The molecule has 0 radical (unpaired) electrons. The number of aliphatic carboxylic acids is 1. The summed E-state index contributed by atoms with van der Waals surface area (Å²) in [6, 6.07) is -0.443. The van der Waals surface area contributed by atoms with Crippen molar-refractivity contribution in [1.82, 2.24) is 25.5 Å². The summed E-state index contributed by atoms with van der Waals surface area (Å²) in [5.41, 5.74) is 0. The summed E-state index contributed by atoms with van der Waals surface area (Å²) in [6.45, 7) is 3.14. The van der Waals surface area contributed by atoms with Gasteiger partial charge in [0, 0.05) is 6.04 Å². The van der Waals surface area contributed by atoms with Gasteiger partial charge >= 0.3 is 5.97 Å². The molecule has 2 atom stereocenters. The van der Waals surface area contributed by atoms with E-state index >= 15 is 0 Å². The number of hydrogen-bond donors (Lipinski definition) is 2. The number of aromatic nitrogens is 4.